The zero-order valence-electron chi connectivity index (χ0n) is 12.1. The van der Waals surface area contributed by atoms with Crippen LogP contribution < -0.4 is 11.3 Å². The maximum atomic E-state index is 6.13. The number of aromatic nitrogens is 1. The van der Waals surface area contributed by atoms with Crippen LogP contribution >= 0.6 is 11.6 Å². The number of pyridine rings is 1. The lowest BCUT2D eigenvalue weighted by molar-refractivity contribution is 0.400. The van der Waals surface area contributed by atoms with Crippen LogP contribution in [0, 0.1) is 6.92 Å². The Hall–Kier alpha value is -1.42. The van der Waals surface area contributed by atoms with Gasteiger partial charge in [-0.25, -0.2) is 0 Å². The molecule has 0 fully saturated rings. The molecule has 1 aliphatic rings. The third-order valence-corrected chi connectivity index (χ3v) is 4.79. The summed E-state index contributed by atoms with van der Waals surface area (Å²) in [6.45, 7) is 2.02. The first kappa shape index (κ1) is 14.5. The summed E-state index contributed by atoms with van der Waals surface area (Å²) >= 11 is 6.13. The van der Waals surface area contributed by atoms with Gasteiger partial charge in [0.25, 0.3) is 0 Å². The van der Waals surface area contributed by atoms with Gasteiger partial charge in [-0.3, -0.25) is 16.3 Å². The number of fused-ring (bicyclic) bond motifs is 1. The third kappa shape index (κ3) is 2.82. The van der Waals surface area contributed by atoms with E-state index in [2.05, 4.69) is 28.6 Å². The van der Waals surface area contributed by atoms with E-state index in [9.17, 15) is 0 Å². The molecule has 0 aliphatic heterocycles. The van der Waals surface area contributed by atoms with Crippen LogP contribution in [0.5, 0.6) is 0 Å². The summed E-state index contributed by atoms with van der Waals surface area (Å²) in [6, 6.07) is 10.4. The van der Waals surface area contributed by atoms with Crippen molar-refractivity contribution in [3.63, 3.8) is 0 Å². The molecule has 3 N–H and O–H groups in total. The van der Waals surface area contributed by atoms with E-state index < -0.39 is 0 Å². The molecule has 21 heavy (non-hydrogen) atoms. The highest BCUT2D eigenvalue weighted by Gasteiger charge is 2.29. The second-order valence-corrected chi connectivity index (χ2v) is 6.11. The molecule has 0 spiro atoms. The van der Waals surface area contributed by atoms with Crippen molar-refractivity contribution < 1.29 is 0 Å². The number of hydrogen-bond acceptors (Lipinski definition) is 3. The fourth-order valence-corrected chi connectivity index (χ4v) is 3.39. The average molecular weight is 302 g/mol. The van der Waals surface area contributed by atoms with Crippen LogP contribution in [-0.4, -0.2) is 4.98 Å². The van der Waals surface area contributed by atoms with Crippen molar-refractivity contribution in [2.75, 3.05) is 0 Å². The van der Waals surface area contributed by atoms with Gasteiger partial charge in [-0.2, -0.15) is 0 Å². The Balaban J connectivity index is 1.99. The van der Waals surface area contributed by atoms with Crippen molar-refractivity contribution >= 4 is 11.6 Å². The second-order valence-electron chi connectivity index (χ2n) is 5.70. The van der Waals surface area contributed by atoms with Crippen molar-refractivity contribution in [2.45, 2.75) is 38.1 Å². The molecule has 2 atom stereocenters. The molecule has 0 saturated heterocycles. The molecule has 0 saturated carbocycles. The van der Waals surface area contributed by atoms with Crippen LogP contribution in [0.3, 0.4) is 0 Å². The van der Waals surface area contributed by atoms with E-state index in [1.807, 2.05) is 25.3 Å². The Labute approximate surface area is 130 Å². The van der Waals surface area contributed by atoms with E-state index in [0.29, 0.717) is 5.92 Å². The van der Waals surface area contributed by atoms with E-state index in [4.69, 9.17) is 17.4 Å². The number of benzene rings is 1. The number of hydrogen-bond donors (Lipinski definition) is 2. The Bertz CT molecular complexity index is 642. The number of aryl methyl sites for hydroxylation is 2. The molecule has 3 nitrogen and oxygen atoms in total. The molecule has 2 aromatic rings. The maximum absolute atomic E-state index is 6.13. The Morgan fingerprint density at radius 2 is 2.24 bits per heavy atom. The van der Waals surface area contributed by atoms with E-state index in [1.165, 1.54) is 23.2 Å². The average Bonchev–Trinajstić information content (AvgIpc) is 2.52. The topological polar surface area (TPSA) is 50.9 Å². The summed E-state index contributed by atoms with van der Waals surface area (Å²) in [6.07, 6.45) is 5.25. The highest BCUT2D eigenvalue weighted by Crippen LogP contribution is 2.39. The fraction of sp³-hybridized carbons (Fsp3) is 0.353. The molecule has 1 aromatic carbocycles. The standard InChI is InChI=1S/C17H20ClN3/c1-11-10-13(7-8-15(11)18)17(21-19)14-6-2-4-12-5-3-9-20-16(12)14/h3,5,7-10,14,17,21H,2,4,6,19H2,1H3. The van der Waals surface area contributed by atoms with E-state index >= 15 is 0 Å². The lowest BCUT2D eigenvalue weighted by atomic mass is 9.79. The quantitative estimate of drug-likeness (QED) is 0.672. The predicted molar refractivity (Wildman–Crippen MR) is 86.2 cm³/mol. The summed E-state index contributed by atoms with van der Waals surface area (Å²) < 4.78 is 0. The monoisotopic (exact) mass is 301 g/mol. The Morgan fingerprint density at radius 3 is 3.00 bits per heavy atom. The van der Waals surface area contributed by atoms with Crippen LogP contribution in [0.15, 0.2) is 36.5 Å². The van der Waals surface area contributed by atoms with E-state index in [1.54, 1.807) is 0 Å². The minimum atomic E-state index is 0.0647. The molecule has 0 bridgehead atoms. The van der Waals surface area contributed by atoms with Gasteiger partial charge in [0.15, 0.2) is 0 Å². The molecule has 4 heteroatoms. The first-order chi connectivity index (χ1) is 10.2. The summed E-state index contributed by atoms with van der Waals surface area (Å²) in [7, 11) is 0. The molecule has 2 unspecified atom stereocenters. The normalized spacial score (nSPS) is 19.1. The SMILES string of the molecule is Cc1cc(C(NN)C2CCCc3cccnc32)ccc1Cl. The molecule has 0 amide bonds. The molecule has 110 valence electrons. The largest absolute Gasteiger partial charge is 0.271 e. The molecule has 1 heterocycles. The first-order valence-electron chi connectivity index (χ1n) is 7.36. The second kappa shape index (κ2) is 6.14. The number of hydrazine groups is 1. The van der Waals surface area contributed by atoms with Gasteiger partial charge in [-0.15, -0.1) is 0 Å². The number of rotatable bonds is 3. The van der Waals surface area contributed by atoms with Crippen LogP contribution in [0.2, 0.25) is 5.02 Å². The van der Waals surface area contributed by atoms with Gasteiger partial charge in [0.2, 0.25) is 0 Å². The lowest BCUT2D eigenvalue weighted by Crippen LogP contribution is -2.34. The number of halogens is 1. The lowest BCUT2D eigenvalue weighted by Gasteiger charge is -2.31. The highest BCUT2D eigenvalue weighted by molar-refractivity contribution is 6.31. The molecular formula is C17H20ClN3. The third-order valence-electron chi connectivity index (χ3n) is 4.36. The van der Waals surface area contributed by atoms with Gasteiger partial charge >= 0.3 is 0 Å². The summed E-state index contributed by atoms with van der Waals surface area (Å²) in [5.41, 5.74) is 7.76. The van der Waals surface area contributed by atoms with E-state index in [-0.39, 0.29) is 6.04 Å². The van der Waals surface area contributed by atoms with E-state index in [0.717, 1.165) is 23.4 Å². The van der Waals surface area contributed by atoms with Gasteiger partial charge in [0.1, 0.15) is 0 Å². The number of nitrogens with two attached hydrogens (primary N) is 1. The van der Waals surface area contributed by atoms with Crippen LogP contribution in [-0.2, 0) is 6.42 Å². The summed E-state index contributed by atoms with van der Waals surface area (Å²) in [4.78, 5) is 4.61. The number of nitrogens with one attached hydrogen (secondary N) is 1. The van der Waals surface area contributed by atoms with Crippen molar-refractivity contribution in [1.82, 2.24) is 10.4 Å². The smallest absolute Gasteiger partial charge is 0.0543 e. The molecule has 0 radical (unpaired) electrons. The molecule has 1 aliphatic carbocycles. The molecule has 1 aromatic heterocycles. The molecule has 3 rings (SSSR count). The van der Waals surface area contributed by atoms with Gasteiger partial charge in [0, 0.05) is 22.8 Å². The van der Waals surface area contributed by atoms with Crippen molar-refractivity contribution in [1.29, 1.82) is 0 Å². The summed E-state index contributed by atoms with van der Waals surface area (Å²) in [5, 5.41) is 0.789. The fourth-order valence-electron chi connectivity index (χ4n) is 3.28. The van der Waals surface area contributed by atoms with Crippen LogP contribution in [0.25, 0.3) is 0 Å². The zero-order chi connectivity index (χ0) is 14.8. The van der Waals surface area contributed by atoms with Gasteiger partial charge in [0.05, 0.1) is 6.04 Å². The van der Waals surface area contributed by atoms with Gasteiger partial charge < -0.3 is 0 Å². The number of nitrogens with zero attached hydrogens (tertiary/aromatic N) is 1. The minimum absolute atomic E-state index is 0.0647. The highest BCUT2D eigenvalue weighted by atomic mass is 35.5. The van der Waals surface area contributed by atoms with Crippen molar-refractivity contribution in [3.05, 3.63) is 63.9 Å². The predicted octanol–water partition coefficient (Wildman–Crippen LogP) is 3.67. The summed E-state index contributed by atoms with van der Waals surface area (Å²) in [5.74, 6) is 6.18. The van der Waals surface area contributed by atoms with Crippen molar-refractivity contribution in [3.8, 4) is 0 Å². The van der Waals surface area contributed by atoms with Crippen molar-refractivity contribution in [2.24, 2.45) is 5.84 Å². The van der Waals surface area contributed by atoms with Gasteiger partial charge in [-0.1, -0.05) is 29.8 Å². The van der Waals surface area contributed by atoms with Gasteiger partial charge in [-0.05, 0) is 55.0 Å². The first-order valence-corrected chi connectivity index (χ1v) is 7.74. The minimum Gasteiger partial charge on any atom is -0.271 e. The maximum Gasteiger partial charge on any atom is 0.0543 e. The Morgan fingerprint density at radius 1 is 1.38 bits per heavy atom. The van der Waals surface area contributed by atoms with Crippen LogP contribution in [0.4, 0.5) is 0 Å². The zero-order valence-corrected chi connectivity index (χ0v) is 12.9. The van der Waals surface area contributed by atoms with Crippen LogP contribution in [0.1, 0.15) is 47.2 Å². The molecular weight excluding hydrogens is 282 g/mol. The Kier molecular flexibility index (Phi) is 4.24.